The average molecular weight is 300 g/mol. The summed E-state index contributed by atoms with van der Waals surface area (Å²) >= 11 is 0. The van der Waals surface area contributed by atoms with E-state index in [1.807, 2.05) is 0 Å². The van der Waals surface area contributed by atoms with Gasteiger partial charge in [0, 0.05) is 34.2 Å². The molecule has 118 valence electrons. The molecule has 21 heavy (non-hydrogen) atoms. The highest BCUT2D eigenvalue weighted by atomic mass is 16.6. The molecule has 0 radical (unpaired) electrons. The molecule has 0 saturated carbocycles. The number of methoxy groups -OCH3 is 2. The number of esters is 1. The Morgan fingerprint density at radius 2 is 2.10 bits per heavy atom. The predicted molar refractivity (Wildman–Crippen MR) is 75.3 cm³/mol. The molecule has 9 nitrogen and oxygen atoms in total. The van der Waals surface area contributed by atoms with Gasteiger partial charge in [0.15, 0.2) is 0 Å². The number of carbonyl (C=O) groups is 1. The number of nitrogens with zero attached hydrogens (tertiary/aromatic N) is 4. The number of aromatic nitrogens is 2. The van der Waals surface area contributed by atoms with Crippen LogP contribution >= 0.6 is 0 Å². The highest BCUT2D eigenvalue weighted by Gasteiger charge is 2.28. The number of anilines is 1. The molecule has 0 amide bonds. The fraction of sp³-hybridized carbons (Fsp3) is 0.667. The van der Waals surface area contributed by atoms with Crippen LogP contribution in [0.1, 0.15) is 12.2 Å². The van der Waals surface area contributed by atoms with Crippen molar-refractivity contribution in [2.45, 2.75) is 13.3 Å². The van der Waals surface area contributed by atoms with Crippen molar-refractivity contribution in [2.75, 3.05) is 38.8 Å². The van der Waals surface area contributed by atoms with E-state index in [4.69, 9.17) is 4.74 Å². The Kier molecular flexibility index (Phi) is 6.10. The second kappa shape index (κ2) is 7.58. The van der Waals surface area contributed by atoms with Gasteiger partial charge in [-0.3, -0.25) is 9.36 Å². The van der Waals surface area contributed by atoms with Gasteiger partial charge in [-0.25, -0.2) is 0 Å². The molecule has 0 saturated heterocycles. The molecule has 0 spiro atoms. The number of hydrogen-bond donors (Lipinski definition) is 0. The minimum absolute atomic E-state index is 0.127. The summed E-state index contributed by atoms with van der Waals surface area (Å²) in [6, 6.07) is 0. The average Bonchev–Trinajstić information content (AvgIpc) is 2.75. The number of aryl methyl sites for hydroxylation is 1. The minimum atomic E-state index is -0.528. The summed E-state index contributed by atoms with van der Waals surface area (Å²) in [5, 5.41) is 11.1. The van der Waals surface area contributed by atoms with Gasteiger partial charge in [-0.15, -0.1) is 0 Å². The molecule has 0 aromatic carbocycles. The van der Waals surface area contributed by atoms with Crippen LogP contribution in [-0.4, -0.2) is 54.4 Å². The molecule has 0 N–H and O–H groups in total. The van der Waals surface area contributed by atoms with Gasteiger partial charge >= 0.3 is 11.8 Å². The van der Waals surface area contributed by atoms with Crippen molar-refractivity contribution in [3.05, 3.63) is 15.9 Å². The molecule has 0 atom stereocenters. The third-order valence-corrected chi connectivity index (χ3v) is 3.12. The van der Waals surface area contributed by atoms with Gasteiger partial charge in [0.05, 0.1) is 20.1 Å². The molecule has 0 unspecified atom stereocenters. The maximum atomic E-state index is 11.3. The van der Waals surface area contributed by atoms with Gasteiger partial charge in [-0.1, -0.05) is 0 Å². The summed E-state index contributed by atoms with van der Waals surface area (Å²) in [5.41, 5.74) is 0. The zero-order valence-corrected chi connectivity index (χ0v) is 12.7. The Bertz CT molecular complexity index is 514. The first-order valence-corrected chi connectivity index (χ1v) is 6.40. The Hall–Kier alpha value is -2.16. The second-order valence-electron chi connectivity index (χ2n) is 4.43. The quantitative estimate of drug-likeness (QED) is 0.395. The lowest BCUT2D eigenvalue weighted by Gasteiger charge is -2.23. The molecule has 1 aromatic heterocycles. The van der Waals surface area contributed by atoms with E-state index in [1.54, 1.807) is 30.5 Å². The van der Waals surface area contributed by atoms with Gasteiger partial charge in [0.25, 0.3) is 0 Å². The van der Waals surface area contributed by atoms with Crippen molar-refractivity contribution >= 4 is 17.6 Å². The number of nitro groups is 1. The molecule has 1 heterocycles. The molecular weight excluding hydrogens is 280 g/mol. The molecule has 0 fully saturated rings. The Morgan fingerprint density at radius 1 is 1.43 bits per heavy atom. The van der Waals surface area contributed by atoms with Gasteiger partial charge in [-0.05, 0) is 9.91 Å². The maximum absolute atomic E-state index is 11.3. The summed E-state index contributed by atoms with van der Waals surface area (Å²) in [5.74, 6) is 0.283. The van der Waals surface area contributed by atoms with E-state index in [0.717, 1.165) is 0 Å². The summed E-state index contributed by atoms with van der Waals surface area (Å²) in [6.45, 7) is 2.76. The SMILES string of the molecule is COCCN(CCC(=O)OC)c1c([N+](=O)[O-])nc(C)n1C. The maximum Gasteiger partial charge on any atom is 0.406 e. The number of hydrogen-bond acceptors (Lipinski definition) is 7. The molecule has 1 aromatic rings. The van der Waals surface area contributed by atoms with Crippen LogP contribution in [0.25, 0.3) is 0 Å². The number of imidazole rings is 1. The monoisotopic (exact) mass is 300 g/mol. The molecule has 0 aliphatic heterocycles. The first-order valence-electron chi connectivity index (χ1n) is 6.40. The number of rotatable bonds is 8. The van der Waals surface area contributed by atoms with Crippen molar-refractivity contribution in [3.8, 4) is 0 Å². The van der Waals surface area contributed by atoms with E-state index in [-0.39, 0.29) is 24.8 Å². The van der Waals surface area contributed by atoms with E-state index < -0.39 is 4.92 Å². The van der Waals surface area contributed by atoms with E-state index in [1.165, 1.54) is 7.11 Å². The highest BCUT2D eigenvalue weighted by molar-refractivity contribution is 5.70. The van der Waals surface area contributed by atoms with Crippen LogP contribution in [0.5, 0.6) is 0 Å². The molecular formula is C12H20N4O5. The van der Waals surface area contributed by atoms with Gasteiger partial charge in [0.1, 0.15) is 0 Å². The highest BCUT2D eigenvalue weighted by Crippen LogP contribution is 2.28. The van der Waals surface area contributed by atoms with Crippen molar-refractivity contribution in [1.29, 1.82) is 0 Å². The van der Waals surface area contributed by atoms with Crippen LogP contribution in [0.15, 0.2) is 0 Å². The van der Waals surface area contributed by atoms with Crippen LogP contribution in [0.2, 0.25) is 0 Å². The molecule has 0 aliphatic carbocycles. The van der Waals surface area contributed by atoms with E-state index >= 15 is 0 Å². The van der Waals surface area contributed by atoms with Crippen molar-refractivity contribution in [2.24, 2.45) is 7.05 Å². The van der Waals surface area contributed by atoms with Crippen molar-refractivity contribution in [1.82, 2.24) is 9.55 Å². The van der Waals surface area contributed by atoms with Crippen molar-refractivity contribution in [3.63, 3.8) is 0 Å². The third-order valence-electron chi connectivity index (χ3n) is 3.12. The van der Waals surface area contributed by atoms with Gasteiger partial charge in [0.2, 0.25) is 11.6 Å². The Balaban J connectivity index is 3.06. The Morgan fingerprint density at radius 3 is 2.62 bits per heavy atom. The third kappa shape index (κ3) is 4.15. The fourth-order valence-electron chi connectivity index (χ4n) is 1.91. The first kappa shape index (κ1) is 16.9. The van der Waals surface area contributed by atoms with E-state index in [2.05, 4.69) is 9.72 Å². The fourth-order valence-corrected chi connectivity index (χ4v) is 1.91. The lowest BCUT2D eigenvalue weighted by Crippen LogP contribution is -2.32. The van der Waals surface area contributed by atoms with E-state index in [0.29, 0.717) is 24.8 Å². The van der Waals surface area contributed by atoms with Crippen LogP contribution in [0, 0.1) is 17.0 Å². The normalized spacial score (nSPS) is 10.5. The number of carbonyl (C=O) groups excluding carboxylic acids is 1. The summed E-state index contributed by atoms with van der Waals surface area (Å²) < 4.78 is 11.2. The zero-order chi connectivity index (χ0) is 16.0. The Labute approximate surface area is 122 Å². The zero-order valence-electron chi connectivity index (χ0n) is 12.7. The van der Waals surface area contributed by atoms with Crippen LogP contribution in [0.3, 0.4) is 0 Å². The predicted octanol–water partition coefficient (Wildman–Crippen LogP) is 0.653. The summed E-state index contributed by atoms with van der Waals surface area (Å²) in [6.07, 6.45) is 0.127. The van der Waals surface area contributed by atoms with Crippen LogP contribution in [0.4, 0.5) is 11.6 Å². The molecule has 1 rings (SSSR count). The van der Waals surface area contributed by atoms with Crippen LogP contribution in [-0.2, 0) is 21.3 Å². The van der Waals surface area contributed by atoms with Gasteiger partial charge in [-0.2, -0.15) is 0 Å². The first-order chi connectivity index (χ1) is 9.92. The lowest BCUT2D eigenvalue weighted by atomic mass is 10.3. The minimum Gasteiger partial charge on any atom is -0.469 e. The molecule has 9 heteroatoms. The lowest BCUT2D eigenvalue weighted by molar-refractivity contribution is -0.388. The smallest absolute Gasteiger partial charge is 0.406 e. The standard InChI is InChI=1S/C12H20N4O5/c1-9-13-11(16(18)19)12(14(9)2)15(7-8-20-3)6-5-10(17)21-4/h5-8H2,1-4H3. The topological polar surface area (TPSA) is 99.7 Å². The largest absolute Gasteiger partial charge is 0.469 e. The summed E-state index contributed by atoms with van der Waals surface area (Å²) in [4.78, 5) is 27.6. The second-order valence-corrected chi connectivity index (χ2v) is 4.43. The van der Waals surface area contributed by atoms with E-state index in [9.17, 15) is 14.9 Å². The molecule has 0 bridgehead atoms. The summed E-state index contributed by atoms with van der Waals surface area (Å²) in [7, 11) is 4.54. The van der Waals surface area contributed by atoms with Crippen molar-refractivity contribution < 1.29 is 19.2 Å². The number of ether oxygens (including phenoxy) is 2. The molecule has 0 aliphatic rings. The van der Waals surface area contributed by atoms with Gasteiger partial charge < -0.3 is 24.5 Å². The van der Waals surface area contributed by atoms with Crippen LogP contribution < -0.4 is 4.90 Å².